The molecule has 1 fully saturated rings. The van der Waals surface area contributed by atoms with Crippen LogP contribution in [0.2, 0.25) is 0 Å². The summed E-state index contributed by atoms with van der Waals surface area (Å²) in [6, 6.07) is 5.45. The molecular formula is C14H20N2O2. The van der Waals surface area contributed by atoms with Crippen molar-refractivity contribution in [3.63, 3.8) is 0 Å². The first-order valence-electron chi connectivity index (χ1n) is 6.29. The molecule has 2 unspecified atom stereocenters. The van der Waals surface area contributed by atoms with Crippen molar-refractivity contribution in [2.75, 3.05) is 13.6 Å². The topological polar surface area (TPSA) is 52.6 Å². The lowest BCUT2D eigenvalue weighted by atomic mass is 10.0. The Balaban J connectivity index is 2.08. The van der Waals surface area contributed by atoms with E-state index < -0.39 is 0 Å². The molecule has 0 spiro atoms. The largest absolute Gasteiger partial charge is 0.508 e. The summed E-state index contributed by atoms with van der Waals surface area (Å²) >= 11 is 0. The van der Waals surface area contributed by atoms with Crippen molar-refractivity contribution >= 4 is 5.91 Å². The number of aromatic hydroxyl groups is 1. The van der Waals surface area contributed by atoms with E-state index in [2.05, 4.69) is 5.32 Å². The summed E-state index contributed by atoms with van der Waals surface area (Å²) < 4.78 is 0. The Bertz CT molecular complexity index is 459. The zero-order valence-corrected chi connectivity index (χ0v) is 11.1. The van der Waals surface area contributed by atoms with Crippen molar-refractivity contribution in [3.8, 4) is 5.75 Å². The predicted octanol–water partition coefficient (Wildman–Crippen LogP) is 1.58. The minimum atomic E-state index is -0.134. The number of phenolic OH excluding ortho intramolecular Hbond substituents is 1. The molecule has 2 rings (SSSR count). The van der Waals surface area contributed by atoms with Gasteiger partial charge in [-0.2, -0.15) is 0 Å². The van der Waals surface area contributed by atoms with Gasteiger partial charge in [0.2, 0.25) is 5.91 Å². The third-order valence-corrected chi connectivity index (χ3v) is 3.53. The second-order valence-electron chi connectivity index (χ2n) is 5.05. The number of amides is 1. The molecule has 1 amide bonds. The van der Waals surface area contributed by atoms with Crippen molar-refractivity contribution in [3.05, 3.63) is 29.3 Å². The van der Waals surface area contributed by atoms with Crippen molar-refractivity contribution in [1.29, 1.82) is 0 Å². The summed E-state index contributed by atoms with van der Waals surface area (Å²) in [5.74, 6) is 0.419. The van der Waals surface area contributed by atoms with Gasteiger partial charge in [-0.05, 0) is 31.9 Å². The van der Waals surface area contributed by atoms with E-state index in [0.29, 0.717) is 0 Å². The van der Waals surface area contributed by atoms with Gasteiger partial charge in [0.15, 0.2) is 0 Å². The molecule has 0 radical (unpaired) electrons. The van der Waals surface area contributed by atoms with Gasteiger partial charge < -0.3 is 10.0 Å². The molecule has 1 aromatic carbocycles. The van der Waals surface area contributed by atoms with Crippen molar-refractivity contribution < 1.29 is 9.90 Å². The Morgan fingerprint density at radius 3 is 2.78 bits per heavy atom. The molecule has 0 aliphatic carbocycles. The van der Waals surface area contributed by atoms with Crippen molar-refractivity contribution in [1.82, 2.24) is 10.2 Å². The summed E-state index contributed by atoms with van der Waals surface area (Å²) in [7, 11) is 1.82. The molecule has 18 heavy (non-hydrogen) atoms. The minimum Gasteiger partial charge on any atom is -0.508 e. The van der Waals surface area contributed by atoms with Gasteiger partial charge >= 0.3 is 0 Å². The van der Waals surface area contributed by atoms with E-state index in [1.54, 1.807) is 11.0 Å². The van der Waals surface area contributed by atoms with Crippen LogP contribution in [0.15, 0.2) is 18.2 Å². The second-order valence-corrected chi connectivity index (χ2v) is 5.05. The lowest BCUT2D eigenvalue weighted by molar-refractivity contribution is -0.128. The van der Waals surface area contributed by atoms with Gasteiger partial charge in [0.05, 0.1) is 6.04 Å². The molecule has 4 nitrogen and oxygen atoms in total. The number of hydrogen-bond donors (Lipinski definition) is 2. The highest BCUT2D eigenvalue weighted by molar-refractivity contribution is 5.83. The first-order valence-corrected chi connectivity index (χ1v) is 6.29. The number of rotatable bonds is 3. The number of carbonyl (C=O) groups is 1. The number of aryl methyl sites for hydroxylation is 1. The number of nitrogens with zero attached hydrogens (tertiary/aromatic N) is 1. The monoisotopic (exact) mass is 248 g/mol. The molecule has 2 atom stereocenters. The molecule has 4 heteroatoms. The minimum absolute atomic E-state index is 0.0361. The maximum atomic E-state index is 11.8. The van der Waals surface area contributed by atoms with Crippen LogP contribution < -0.4 is 5.32 Å². The van der Waals surface area contributed by atoms with Crippen LogP contribution >= 0.6 is 0 Å². The third kappa shape index (κ3) is 2.48. The van der Waals surface area contributed by atoms with E-state index in [0.717, 1.165) is 24.1 Å². The Hall–Kier alpha value is -1.55. The van der Waals surface area contributed by atoms with E-state index >= 15 is 0 Å². The van der Waals surface area contributed by atoms with Crippen LogP contribution in [-0.2, 0) is 4.79 Å². The molecule has 1 heterocycles. The molecule has 0 saturated carbocycles. The van der Waals surface area contributed by atoms with Crippen LogP contribution in [0.25, 0.3) is 0 Å². The van der Waals surface area contributed by atoms with E-state index in [4.69, 9.17) is 0 Å². The average molecular weight is 248 g/mol. The molecule has 0 aromatic heterocycles. The smallest absolute Gasteiger partial charge is 0.239 e. The fourth-order valence-electron chi connectivity index (χ4n) is 2.39. The SMILES string of the molecule is Cc1ccc(C(C)NC2CCN(C)C2=O)c(O)c1. The van der Waals surface area contributed by atoms with Gasteiger partial charge in [0, 0.05) is 25.2 Å². The first-order chi connectivity index (χ1) is 8.49. The van der Waals surface area contributed by atoms with Gasteiger partial charge in [0.1, 0.15) is 5.75 Å². The highest BCUT2D eigenvalue weighted by Gasteiger charge is 2.30. The summed E-state index contributed by atoms with van der Waals surface area (Å²) in [6.45, 7) is 4.70. The van der Waals surface area contributed by atoms with E-state index in [1.807, 2.05) is 33.0 Å². The lowest BCUT2D eigenvalue weighted by Crippen LogP contribution is -2.38. The number of phenols is 1. The fourth-order valence-corrected chi connectivity index (χ4v) is 2.39. The van der Waals surface area contributed by atoms with Crippen LogP contribution in [0, 0.1) is 6.92 Å². The van der Waals surface area contributed by atoms with Gasteiger partial charge in [-0.1, -0.05) is 12.1 Å². The fraction of sp³-hybridized carbons (Fsp3) is 0.500. The summed E-state index contributed by atoms with van der Waals surface area (Å²) in [5.41, 5.74) is 1.86. The molecule has 1 aromatic rings. The Morgan fingerprint density at radius 1 is 1.50 bits per heavy atom. The predicted molar refractivity (Wildman–Crippen MR) is 70.4 cm³/mol. The van der Waals surface area contributed by atoms with Crippen LogP contribution in [-0.4, -0.2) is 35.5 Å². The van der Waals surface area contributed by atoms with Gasteiger partial charge in [-0.25, -0.2) is 0 Å². The van der Waals surface area contributed by atoms with Gasteiger partial charge in [-0.3, -0.25) is 10.1 Å². The Labute approximate surface area is 108 Å². The van der Waals surface area contributed by atoms with Crippen molar-refractivity contribution in [2.45, 2.75) is 32.4 Å². The van der Waals surface area contributed by atoms with Crippen molar-refractivity contribution in [2.24, 2.45) is 0 Å². The highest BCUT2D eigenvalue weighted by Crippen LogP contribution is 2.26. The van der Waals surface area contributed by atoms with Crippen LogP contribution in [0.5, 0.6) is 5.75 Å². The lowest BCUT2D eigenvalue weighted by Gasteiger charge is -2.20. The van der Waals surface area contributed by atoms with E-state index in [-0.39, 0.29) is 23.7 Å². The zero-order valence-electron chi connectivity index (χ0n) is 11.1. The molecule has 0 bridgehead atoms. The van der Waals surface area contributed by atoms with Crippen LogP contribution in [0.3, 0.4) is 0 Å². The maximum absolute atomic E-state index is 11.8. The maximum Gasteiger partial charge on any atom is 0.239 e. The van der Waals surface area contributed by atoms with E-state index in [9.17, 15) is 9.90 Å². The zero-order chi connectivity index (χ0) is 13.3. The standard InChI is InChI=1S/C14H20N2O2/c1-9-4-5-11(13(17)8-9)10(2)15-12-6-7-16(3)14(12)18/h4-5,8,10,12,15,17H,6-7H2,1-3H3. The molecule has 1 saturated heterocycles. The summed E-state index contributed by atoms with van der Waals surface area (Å²) in [4.78, 5) is 13.5. The third-order valence-electron chi connectivity index (χ3n) is 3.53. The number of nitrogens with one attached hydrogen (secondary N) is 1. The number of likely N-dealkylation sites (N-methyl/N-ethyl adjacent to an activating group) is 1. The number of hydrogen-bond acceptors (Lipinski definition) is 3. The van der Waals surface area contributed by atoms with Gasteiger partial charge in [0.25, 0.3) is 0 Å². The average Bonchev–Trinajstić information content (AvgIpc) is 2.61. The molecule has 98 valence electrons. The van der Waals surface area contributed by atoms with Gasteiger partial charge in [-0.15, -0.1) is 0 Å². The Morgan fingerprint density at radius 2 is 2.22 bits per heavy atom. The molecule has 1 aliphatic rings. The number of likely N-dealkylation sites (tertiary alicyclic amines) is 1. The molecular weight excluding hydrogens is 228 g/mol. The molecule has 1 aliphatic heterocycles. The number of benzene rings is 1. The van der Waals surface area contributed by atoms with Crippen LogP contribution in [0.1, 0.15) is 30.5 Å². The quantitative estimate of drug-likeness (QED) is 0.854. The first kappa shape index (κ1) is 12.9. The number of carbonyl (C=O) groups excluding carboxylic acids is 1. The second kappa shape index (κ2) is 4.98. The highest BCUT2D eigenvalue weighted by atomic mass is 16.3. The summed E-state index contributed by atoms with van der Waals surface area (Å²) in [5, 5.41) is 13.2. The van der Waals surface area contributed by atoms with Crippen LogP contribution in [0.4, 0.5) is 0 Å². The summed E-state index contributed by atoms with van der Waals surface area (Å²) in [6.07, 6.45) is 0.826. The van der Waals surface area contributed by atoms with E-state index in [1.165, 1.54) is 0 Å². The normalized spacial score (nSPS) is 21.4. The Kier molecular flexibility index (Phi) is 3.57. The molecule has 2 N–H and O–H groups in total.